The summed E-state index contributed by atoms with van der Waals surface area (Å²) in [5.41, 5.74) is 0. The highest BCUT2D eigenvalue weighted by Crippen LogP contribution is 2.29. The molecule has 76 valence electrons. The van der Waals surface area contributed by atoms with Crippen LogP contribution in [-0.4, -0.2) is 23.1 Å². The molecule has 2 rings (SSSR count). The van der Waals surface area contributed by atoms with Gasteiger partial charge in [0.1, 0.15) is 16.2 Å². The Bertz CT molecular complexity index is 336. The second-order valence-corrected chi connectivity index (χ2v) is 4.47. The van der Waals surface area contributed by atoms with Gasteiger partial charge >= 0.3 is 0 Å². The van der Waals surface area contributed by atoms with Crippen LogP contribution in [0.2, 0.25) is 0 Å². The van der Waals surface area contributed by atoms with Crippen LogP contribution < -0.4 is 4.90 Å². The first-order valence-corrected chi connectivity index (χ1v) is 5.76. The van der Waals surface area contributed by atoms with E-state index < -0.39 is 0 Å². The van der Waals surface area contributed by atoms with E-state index in [0.717, 1.165) is 22.7 Å². The quantitative estimate of drug-likeness (QED) is 0.777. The molecule has 3 nitrogen and oxygen atoms in total. The fourth-order valence-corrected chi connectivity index (χ4v) is 1.85. The Morgan fingerprint density at radius 1 is 1.50 bits per heavy atom. The lowest BCUT2D eigenvalue weighted by Crippen LogP contribution is -2.21. The van der Waals surface area contributed by atoms with Crippen LogP contribution in [0.1, 0.15) is 25.6 Å². The third-order valence-corrected chi connectivity index (χ3v) is 2.91. The lowest BCUT2D eigenvalue weighted by Gasteiger charge is -2.17. The van der Waals surface area contributed by atoms with Crippen LogP contribution in [-0.2, 0) is 6.42 Å². The largest absolute Gasteiger partial charge is 0.357 e. The molecular formula is C10H14BrN3. The molecule has 1 heterocycles. The topological polar surface area (TPSA) is 29.0 Å². The molecule has 0 aromatic carbocycles. The summed E-state index contributed by atoms with van der Waals surface area (Å²) in [6, 6.07) is 2.68. The Morgan fingerprint density at radius 2 is 2.21 bits per heavy atom. The van der Waals surface area contributed by atoms with Crippen LogP contribution in [0.15, 0.2) is 10.7 Å². The zero-order chi connectivity index (χ0) is 10.1. The molecule has 1 aromatic rings. The van der Waals surface area contributed by atoms with Crippen molar-refractivity contribution in [1.82, 2.24) is 9.97 Å². The molecule has 1 aromatic heterocycles. The molecule has 4 heteroatoms. The number of hydrogen-bond acceptors (Lipinski definition) is 3. The summed E-state index contributed by atoms with van der Waals surface area (Å²) >= 11 is 3.41. The monoisotopic (exact) mass is 255 g/mol. The molecule has 0 bridgehead atoms. The predicted octanol–water partition coefficient (Wildman–Crippen LogP) is 2.40. The van der Waals surface area contributed by atoms with Crippen molar-refractivity contribution in [3.8, 4) is 0 Å². The van der Waals surface area contributed by atoms with E-state index in [4.69, 9.17) is 0 Å². The van der Waals surface area contributed by atoms with Crippen molar-refractivity contribution in [2.24, 2.45) is 0 Å². The van der Waals surface area contributed by atoms with Crippen molar-refractivity contribution >= 4 is 21.7 Å². The molecule has 0 radical (unpaired) electrons. The van der Waals surface area contributed by atoms with Crippen molar-refractivity contribution in [2.45, 2.75) is 32.2 Å². The van der Waals surface area contributed by atoms with Crippen LogP contribution in [0.3, 0.4) is 0 Å². The van der Waals surface area contributed by atoms with Gasteiger partial charge in [0.15, 0.2) is 0 Å². The van der Waals surface area contributed by atoms with Crippen molar-refractivity contribution in [3.63, 3.8) is 0 Å². The van der Waals surface area contributed by atoms with Crippen molar-refractivity contribution in [1.29, 1.82) is 0 Å². The number of aryl methyl sites for hydroxylation is 1. The Labute approximate surface area is 92.7 Å². The zero-order valence-electron chi connectivity index (χ0n) is 8.50. The van der Waals surface area contributed by atoms with Crippen molar-refractivity contribution < 1.29 is 0 Å². The van der Waals surface area contributed by atoms with Gasteiger partial charge in [0.2, 0.25) is 0 Å². The minimum absolute atomic E-state index is 0.696. The zero-order valence-corrected chi connectivity index (χ0v) is 10.1. The Kier molecular flexibility index (Phi) is 2.72. The van der Waals surface area contributed by atoms with E-state index in [9.17, 15) is 0 Å². The highest BCUT2D eigenvalue weighted by Gasteiger charge is 2.27. The molecule has 0 N–H and O–H groups in total. The van der Waals surface area contributed by atoms with Gasteiger partial charge in [0.05, 0.1) is 0 Å². The number of halogens is 1. The lowest BCUT2D eigenvalue weighted by atomic mass is 10.4. The van der Waals surface area contributed by atoms with Gasteiger partial charge < -0.3 is 4.90 Å². The summed E-state index contributed by atoms with van der Waals surface area (Å²) in [5.74, 6) is 1.94. The summed E-state index contributed by atoms with van der Waals surface area (Å²) in [7, 11) is 2.10. The smallest absolute Gasteiger partial charge is 0.133 e. The van der Waals surface area contributed by atoms with Crippen LogP contribution in [0.4, 0.5) is 5.82 Å². The molecule has 0 amide bonds. The van der Waals surface area contributed by atoms with Gasteiger partial charge in [0.25, 0.3) is 0 Å². The van der Waals surface area contributed by atoms with Crippen molar-refractivity contribution in [3.05, 3.63) is 16.5 Å². The normalized spacial score (nSPS) is 15.6. The van der Waals surface area contributed by atoms with E-state index in [-0.39, 0.29) is 0 Å². The number of nitrogens with zero attached hydrogens (tertiary/aromatic N) is 3. The predicted molar refractivity (Wildman–Crippen MR) is 60.5 cm³/mol. The van der Waals surface area contributed by atoms with Gasteiger partial charge in [-0.3, -0.25) is 0 Å². The number of anilines is 1. The molecule has 14 heavy (non-hydrogen) atoms. The molecule has 1 aliphatic rings. The summed E-state index contributed by atoms with van der Waals surface area (Å²) in [4.78, 5) is 11.0. The molecule has 1 fully saturated rings. The van der Waals surface area contributed by atoms with Gasteiger partial charge in [-0.15, -0.1) is 0 Å². The summed E-state index contributed by atoms with van der Waals surface area (Å²) in [6.45, 7) is 2.07. The first-order valence-electron chi connectivity index (χ1n) is 4.97. The summed E-state index contributed by atoms with van der Waals surface area (Å²) < 4.78 is 0.881. The van der Waals surface area contributed by atoms with Gasteiger partial charge in [-0.2, -0.15) is 0 Å². The van der Waals surface area contributed by atoms with E-state index in [2.05, 4.69) is 44.8 Å². The van der Waals surface area contributed by atoms with Crippen LogP contribution in [0.5, 0.6) is 0 Å². The third-order valence-electron chi connectivity index (χ3n) is 2.50. The van der Waals surface area contributed by atoms with Gasteiger partial charge in [-0.25, -0.2) is 9.97 Å². The third kappa shape index (κ3) is 2.05. The number of aromatic nitrogens is 2. The van der Waals surface area contributed by atoms with Crippen LogP contribution >= 0.6 is 15.9 Å². The van der Waals surface area contributed by atoms with E-state index in [0.29, 0.717) is 6.04 Å². The Morgan fingerprint density at radius 3 is 2.79 bits per heavy atom. The molecular weight excluding hydrogens is 242 g/mol. The number of rotatable bonds is 3. The minimum atomic E-state index is 0.696. The Hall–Kier alpha value is -0.640. The highest BCUT2D eigenvalue weighted by atomic mass is 79.9. The van der Waals surface area contributed by atoms with Crippen LogP contribution in [0, 0.1) is 0 Å². The molecule has 1 saturated carbocycles. The molecule has 0 unspecified atom stereocenters. The van der Waals surface area contributed by atoms with E-state index in [1.54, 1.807) is 0 Å². The van der Waals surface area contributed by atoms with Crippen LogP contribution in [0.25, 0.3) is 0 Å². The molecule has 0 saturated heterocycles. The van der Waals surface area contributed by atoms with Gasteiger partial charge in [0, 0.05) is 25.6 Å². The maximum Gasteiger partial charge on any atom is 0.133 e. The fraction of sp³-hybridized carbons (Fsp3) is 0.600. The summed E-state index contributed by atoms with van der Waals surface area (Å²) in [6.07, 6.45) is 3.46. The average molecular weight is 256 g/mol. The van der Waals surface area contributed by atoms with E-state index in [1.807, 2.05) is 6.07 Å². The second-order valence-electron chi connectivity index (χ2n) is 3.66. The molecule has 1 aliphatic carbocycles. The Balaban J connectivity index is 2.27. The minimum Gasteiger partial charge on any atom is -0.357 e. The average Bonchev–Trinajstić information content (AvgIpc) is 2.99. The van der Waals surface area contributed by atoms with Crippen molar-refractivity contribution in [2.75, 3.05) is 11.9 Å². The molecule has 0 atom stereocenters. The molecule has 0 spiro atoms. The molecule has 0 aliphatic heterocycles. The maximum atomic E-state index is 4.50. The maximum absolute atomic E-state index is 4.50. The van der Waals surface area contributed by atoms with Gasteiger partial charge in [-0.1, -0.05) is 6.92 Å². The fourth-order valence-electron chi connectivity index (χ4n) is 1.44. The van der Waals surface area contributed by atoms with Gasteiger partial charge in [-0.05, 0) is 28.8 Å². The van der Waals surface area contributed by atoms with E-state index in [1.165, 1.54) is 12.8 Å². The number of hydrogen-bond donors (Lipinski definition) is 0. The SMILES string of the molecule is CCc1nc(Br)cc(N(C)C2CC2)n1. The highest BCUT2D eigenvalue weighted by molar-refractivity contribution is 9.10. The summed E-state index contributed by atoms with van der Waals surface area (Å²) in [5, 5.41) is 0. The first-order chi connectivity index (χ1) is 6.70. The first kappa shape index (κ1) is 9.90. The second kappa shape index (κ2) is 3.85. The van der Waals surface area contributed by atoms with E-state index >= 15 is 0 Å². The lowest BCUT2D eigenvalue weighted by molar-refractivity contribution is 0.849. The standard InChI is InChI=1S/C10H14BrN3/c1-3-9-12-8(11)6-10(13-9)14(2)7-4-5-7/h6-7H,3-5H2,1-2H3.